The summed E-state index contributed by atoms with van der Waals surface area (Å²) in [7, 11) is 5.92. The lowest BCUT2D eigenvalue weighted by Gasteiger charge is -2.25. The number of carboxylic acids is 1. The third-order valence-corrected chi connectivity index (χ3v) is 8.34. The molecule has 57 heavy (non-hydrogen) atoms. The molecule has 2 unspecified atom stereocenters. The Kier molecular flexibility index (Phi) is 36.5. The number of aliphatic carboxylic acids is 1. The molecule has 0 saturated heterocycles. The van der Waals surface area contributed by atoms with Crippen molar-refractivity contribution in [2.24, 2.45) is 0 Å². The van der Waals surface area contributed by atoms with E-state index >= 15 is 0 Å². The fourth-order valence-corrected chi connectivity index (χ4v) is 5.05. The van der Waals surface area contributed by atoms with Crippen LogP contribution in [0.2, 0.25) is 0 Å². The molecule has 0 radical (unpaired) electrons. The Balaban J connectivity index is 4.61. The van der Waals surface area contributed by atoms with E-state index in [1.54, 1.807) is 0 Å². The first-order chi connectivity index (χ1) is 27.6. The Morgan fingerprint density at radius 3 is 1.42 bits per heavy atom. The average molecular weight is 797 g/mol. The first-order valence-electron chi connectivity index (χ1n) is 21.4. The molecule has 9 nitrogen and oxygen atoms in total. The summed E-state index contributed by atoms with van der Waals surface area (Å²) in [5, 5.41) is 9.62. The van der Waals surface area contributed by atoms with Crippen molar-refractivity contribution in [3.63, 3.8) is 0 Å². The van der Waals surface area contributed by atoms with Crippen molar-refractivity contribution in [3.8, 4) is 0 Å². The Hall–Kier alpha value is -3.79. The molecule has 322 valence electrons. The zero-order chi connectivity index (χ0) is 42.1. The number of rotatable bonds is 37. The van der Waals surface area contributed by atoms with Gasteiger partial charge in [-0.15, -0.1) is 0 Å². The van der Waals surface area contributed by atoms with Crippen LogP contribution in [0, 0.1) is 0 Å². The van der Waals surface area contributed by atoms with Gasteiger partial charge in [0.25, 0.3) is 6.29 Å². The second-order valence-corrected chi connectivity index (χ2v) is 14.9. The smallest absolute Gasteiger partial charge is 0.361 e. The molecule has 0 rings (SSSR count). The fraction of sp³-hybridized carbons (Fsp3) is 0.604. The van der Waals surface area contributed by atoms with Gasteiger partial charge in [-0.3, -0.25) is 9.59 Å². The van der Waals surface area contributed by atoms with E-state index in [1.807, 2.05) is 21.1 Å². The number of carbonyl (C=O) groups is 3. The van der Waals surface area contributed by atoms with Crippen LogP contribution in [0.5, 0.6) is 0 Å². The van der Waals surface area contributed by atoms with Crippen LogP contribution in [0.15, 0.2) is 97.2 Å². The van der Waals surface area contributed by atoms with Crippen LogP contribution >= 0.6 is 0 Å². The summed E-state index contributed by atoms with van der Waals surface area (Å²) in [4.78, 5) is 37.1. The summed E-state index contributed by atoms with van der Waals surface area (Å²) in [6.07, 6.45) is 47.6. The van der Waals surface area contributed by atoms with E-state index in [0.29, 0.717) is 23.9 Å². The molecule has 9 heteroatoms. The highest BCUT2D eigenvalue weighted by molar-refractivity contribution is 5.71. The van der Waals surface area contributed by atoms with Crippen molar-refractivity contribution in [1.29, 1.82) is 0 Å². The Morgan fingerprint density at radius 1 is 0.526 bits per heavy atom. The summed E-state index contributed by atoms with van der Waals surface area (Å²) in [6, 6.07) is 0. The summed E-state index contributed by atoms with van der Waals surface area (Å²) < 4.78 is 22.6. The van der Waals surface area contributed by atoms with Crippen LogP contribution in [-0.2, 0) is 33.3 Å². The van der Waals surface area contributed by atoms with E-state index in [0.717, 1.165) is 89.9 Å². The number of hydrogen-bond donors (Lipinski definition) is 1. The van der Waals surface area contributed by atoms with Gasteiger partial charge in [0.15, 0.2) is 6.10 Å². The van der Waals surface area contributed by atoms with Crippen LogP contribution in [0.1, 0.15) is 129 Å². The second kappa shape index (κ2) is 39.1. The number of unbranched alkanes of at least 4 members (excludes halogenated alkanes) is 6. The quantitative estimate of drug-likeness (QED) is 0.0218. The highest BCUT2D eigenvalue weighted by Gasteiger charge is 2.25. The average Bonchev–Trinajstić information content (AvgIpc) is 3.17. The lowest BCUT2D eigenvalue weighted by molar-refractivity contribution is -0.870. The van der Waals surface area contributed by atoms with Gasteiger partial charge in [-0.2, -0.15) is 0 Å². The number of esters is 2. The van der Waals surface area contributed by atoms with E-state index in [4.69, 9.17) is 18.9 Å². The Bertz CT molecular complexity index is 1250. The van der Waals surface area contributed by atoms with Gasteiger partial charge in [0.05, 0.1) is 34.4 Å². The van der Waals surface area contributed by atoms with Crippen molar-refractivity contribution in [2.75, 3.05) is 47.5 Å². The number of ether oxygens (including phenoxy) is 4. The lowest BCUT2D eigenvalue weighted by Crippen LogP contribution is -2.40. The van der Waals surface area contributed by atoms with E-state index in [9.17, 15) is 19.5 Å². The number of hydrogen-bond acceptors (Lipinski definition) is 7. The summed E-state index contributed by atoms with van der Waals surface area (Å²) in [5.74, 6) is -2.12. The van der Waals surface area contributed by atoms with Crippen molar-refractivity contribution in [2.45, 2.75) is 142 Å². The maximum absolute atomic E-state index is 12.7. The zero-order valence-corrected chi connectivity index (χ0v) is 36.2. The second-order valence-electron chi connectivity index (χ2n) is 14.9. The minimum atomic E-state index is -1.53. The maximum Gasteiger partial charge on any atom is 0.361 e. The number of carboxylic acid groups (broad SMARTS) is 1. The zero-order valence-electron chi connectivity index (χ0n) is 36.2. The van der Waals surface area contributed by atoms with E-state index in [2.05, 4.69) is 111 Å². The summed E-state index contributed by atoms with van der Waals surface area (Å²) >= 11 is 0. The molecule has 0 aliphatic rings. The molecule has 0 amide bonds. The van der Waals surface area contributed by atoms with Crippen LogP contribution in [-0.4, -0.2) is 87.4 Å². The molecule has 2 atom stereocenters. The van der Waals surface area contributed by atoms with E-state index < -0.39 is 30.3 Å². The van der Waals surface area contributed by atoms with Gasteiger partial charge in [-0.1, -0.05) is 124 Å². The minimum Gasteiger partial charge on any atom is -0.477 e. The topological polar surface area (TPSA) is 108 Å². The molecule has 0 bridgehead atoms. The van der Waals surface area contributed by atoms with E-state index in [1.165, 1.54) is 0 Å². The molecule has 0 aromatic carbocycles. The minimum absolute atomic E-state index is 0.170. The highest BCUT2D eigenvalue weighted by atomic mass is 16.7. The molecule has 0 spiro atoms. The predicted molar refractivity (Wildman–Crippen MR) is 235 cm³/mol. The first-order valence-corrected chi connectivity index (χ1v) is 21.4. The Labute approximate surface area is 346 Å². The van der Waals surface area contributed by atoms with Crippen LogP contribution in [0.4, 0.5) is 0 Å². The molecule has 1 N–H and O–H groups in total. The molecule has 0 aromatic rings. The normalized spacial score (nSPS) is 13.9. The maximum atomic E-state index is 12.7. The number of allylic oxidation sites excluding steroid dienone is 16. The number of quaternary nitrogens is 1. The molecule has 0 aromatic heterocycles. The third kappa shape index (κ3) is 40.2. The number of nitrogens with zero attached hydrogens (tertiary/aromatic N) is 1. The molecular weight excluding hydrogens is 719 g/mol. The van der Waals surface area contributed by atoms with Crippen molar-refractivity contribution in [3.05, 3.63) is 97.2 Å². The molecule has 0 fully saturated rings. The molecule has 0 aliphatic carbocycles. The Morgan fingerprint density at radius 2 is 0.947 bits per heavy atom. The number of likely N-dealkylation sites (N-methyl/N-ethyl adjacent to an activating group) is 1. The van der Waals surface area contributed by atoms with Gasteiger partial charge >= 0.3 is 17.9 Å². The lowest BCUT2D eigenvalue weighted by atomic mass is 10.1. The van der Waals surface area contributed by atoms with Crippen molar-refractivity contribution >= 4 is 17.9 Å². The largest absolute Gasteiger partial charge is 0.477 e. The van der Waals surface area contributed by atoms with E-state index in [-0.39, 0.29) is 32.7 Å². The monoisotopic (exact) mass is 797 g/mol. The molecule has 0 heterocycles. The van der Waals surface area contributed by atoms with Gasteiger partial charge in [0, 0.05) is 12.8 Å². The van der Waals surface area contributed by atoms with Gasteiger partial charge in [-0.05, 0) is 89.9 Å². The van der Waals surface area contributed by atoms with Crippen LogP contribution in [0.25, 0.3) is 0 Å². The van der Waals surface area contributed by atoms with Crippen molar-refractivity contribution < 1.29 is 42.9 Å². The van der Waals surface area contributed by atoms with Crippen LogP contribution < -0.4 is 0 Å². The summed E-state index contributed by atoms with van der Waals surface area (Å²) in [5.41, 5.74) is 0. The SMILES string of the molecule is CC/C=C\C/C=C\C/C=C\C/C=C\CCCCCCC(=O)OC(COC(=O)CCCC/C=C\C/C=C\C/C=C\C/C=C\CC)COC(OCC[N+](C)(C)C)C(=O)O. The molecule has 0 aliphatic heterocycles. The first kappa shape index (κ1) is 53.2. The van der Waals surface area contributed by atoms with Gasteiger partial charge < -0.3 is 28.5 Å². The van der Waals surface area contributed by atoms with Gasteiger partial charge in [-0.25, -0.2) is 4.79 Å². The van der Waals surface area contributed by atoms with Crippen molar-refractivity contribution in [1.82, 2.24) is 0 Å². The number of carbonyl (C=O) groups excluding carboxylic acids is 2. The molecular formula is C48H78NO8+. The van der Waals surface area contributed by atoms with Crippen LogP contribution in [0.3, 0.4) is 0 Å². The fourth-order valence-electron chi connectivity index (χ4n) is 5.05. The van der Waals surface area contributed by atoms with Gasteiger partial charge in [0.2, 0.25) is 0 Å². The predicted octanol–water partition coefficient (Wildman–Crippen LogP) is 11.1. The standard InChI is InChI=1S/C48H77NO8/c1-6-8-10-12-14-16-18-20-22-23-25-27-29-31-33-35-37-39-46(51)57-44(43-56-48(47(52)53)54-41-40-49(3,4)5)42-55-45(50)38-36-34-32-30-28-26-24-21-19-17-15-13-11-9-7-2/h8-11,14-17,20-22,24-25,27-28,30,44,48H,6-7,12-13,18-19,23,26,29,31-43H2,1-5H3/p+1/b10-8-,11-9-,16-14-,17-15-,22-20-,24-21-,27-25-,30-28-. The highest BCUT2D eigenvalue weighted by Crippen LogP contribution is 2.11. The summed E-state index contributed by atoms with van der Waals surface area (Å²) in [6.45, 7) is 4.52. The van der Waals surface area contributed by atoms with Gasteiger partial charge in [0.1, 0.15) is 13.2 Å². The third-order valence-electron chi connectivity index (χ3n) is 8.34. The molecule has 0 saturated carbocycles.